The molecule has 154 valence electrons. The van der Waals surface area contributed by atoms with Crippen molar-refractivity contribution in [2.24, 2.45) is 0 Å². The fourth-order valence-corrected chi connectivity index (χ4v) is 3.53. The van der Waals surface area contributed by atoms with E-state index in [0.29, 0.717) is 17.2 Å². The Morgan fingerprint density at radius 2 is 1.69 bits per heavy atom. The molecule has 0 aliphatic heterocycles. The number of nitrogens with one attached hydrogen (secondary N) is 1. The Kier molecular flexibility index (Phi) is 5.64. The fraction of sp³-hybridized carbons (Fsp3) is 0.333. The van der Waals surface area contributed by atoms with Crippen LogP contribution in [-0.4, -0.2) is 23.8 Å². The first-order valence-electron chi connectivity index (χ1n) is 9.07. The lowest BCUT2D eigenvalue weighted by Gasteiger charge is -2.38. The minimum absolute atomic E-state index is 0.141. The van der Waals surface area contributed by atoms with E-state index in [1.807, 2.05) is 0 Å². The molecule has 0 radical (unpaired) electrons. The highest BCUT2D eigenvalue weighted by Gasteiger charge is 2.47. The molecule has 0 aromatic heterocycles. The lowest BCUT2D eigenvalue weighted by atomic mass is 9.87. The molecule has 1 unspecified atom stereocenters. The Bertz CT molecular complexity index is 920. The van der Waals surface area contributed by atoms with E-state index >= 15 is 0 Å². The summed E-state index contributed by atoms with van der Waals surface area (Å²) in [5, 5.41) is 2.53. The third-order valence-electron chi connectivity index (χ3n) is 4.89. The van der Waals surface area contributed by atoms with E-state index < -0.39 is 54.3 Å². The predicted molar refractivity (Wildman–Crippen MR) is 99.5 cm³/mol. The zero-order valence-electron chi connectivity index (χ0n) is 15.9. The van der Waals surface area contributed by atoms with Crippen LogP contribution in [0.4, 0.5) is 23.2 Å². The molecule has 1 N–H and O–H groups in total. The molecule has 3 rings (SSSR count). The van der Waals surface area contributed by atoms with Gasteiger partial charge in [-0.05, 0) is 30.2 Å². The number of benzene rings is 2. The minimum atomic E-state index is -2.83. The molecular weight excluding hydrogens is 388 g/mol. The second-order valence-electron chi connectivity index (χ2n) is 7.25. The van der Waals surface area contributed by atoms with Crippen molar-refractivity contribution in [3.63, 3.8) is 0 Å². The van der Waals surface area contributed by atoms with Crippen LogP contribution >= 0.6 is 0 Å². The summed E-state index contributed by atoms with van der Waals surface area (Å²) in [4.78, 5) is 26.5. The summed E-state index contributed by atoms with van der Waals surface area (Å²) in [6.07, 6.45) is -0.984. The van der Waals surface area contributed by atoms with Gasteiger partial charge in [-0.25, -0.2) is 17.6 Å². The Hall–Kier alpha value is -2.90. The van der Waals surface area contributed by atoms with Crippen LogP contribution in [0.1, 0.15) is 36.9 Å². The number of rotatable bonds is 5. The maximum absolute atomic E-state index is 13.8. The van der Waals surface area contributed by atoms with Crippen LogP contribution in [-0.2, 0) is 9.59 Å². The summed E-state index contributed by atoms with van der Waals surface area (Å²) in [5.74, 6) is -5.97. The van der Waals surface area contributed by atoms with Gasteiger partial charge in [0.1, 0.15) is 17.7 Å². The summed E-state index contributed by atoms with van der Waals surface area (Å²) in [6.45, 7) is 2.89. The van der Waals surface area contributed by atoms with Gasteiger partial charge < -0.3 is 5.32 Å². The molecule has 1 fully saturated rings. The second-order valence-corrected chi connectivity index (χ2v) is 7.25. The summed E-state index contributed by atoms with van der Waals surface area (Å²) >= 11 is 0. The first kappa shape index (κ1) is 20.8. The fourth-order valence-electron chi connectivity index (χ4n) is 3.53. The van der Waals surface area contributed by atoms with Crippen LogP contribution in [0.25, 0.3) is 0 Å². The van der Waals surface area contributed by atoms with Gasteiger partial charge in [0, 0.05) is 31.9 Å². The van der Waals surface area contributed by atoms with Gasteiger partial charge in [0.2, 0.25) is 11.8 Å². The van der Waals surface area contributed by atoms with Crippen LogP contribution in [0.5, 0.6) is 0 Å². The van der Waals surface area contributed by atoms with Crippen molar-refractivity contribution >= 4 is 17.5 Å². The van der Waals surface area contributed by atoms with E-state index in [4.69, 9.17) is 0 Å². The average molecular weight is 408 g/mol. The Labute approximate surface area is 165 Å². The Morgan fingerprint density at radius 1 is 1.10 bits per heavy atom. The lowest BCUT2D eigenvalue weighted by Crippen LogP contribution is -2.54. The SMILES string of the molecule is CC(=O)N(c1cc(F)cc(F)c1)C(C(=O)NC1CC(F)(F)C1)c1ccccc1C. The number of nitrogens with zero attached hydrogens (tertiary/aromatic N) is 1. The number of carbonyl (C=O) groups is 2. The summed E-state index contributed by atoms with van der Waals surface area (Å²) < 4.78 is 53.9. The van der Waals surface area contributed by atoms with Crippen molar-refractivity contribution in [1.82, 2.24) is 5.32 Å². The van der Waals surface area contributed by atoms with E-state index in [-0.39, 0.29) is 5.69 Å². The first-order chi connectivity index (χ1) is 13.6. The predicted octanol–water partition coefficient (Wildman–Crippen LogP) is 4.28. The summed E-state index contributed by atoms with van der Waals surface area (Å²) in [6, 6.07) is 7.26. The zero-order chi connectivity index (χ0) is 21.3. The van der Waals surface area contributed by atoms with Gasteiger partial charge in [-0.1, -0.05) is 24.3 Å². The number of carbonyl (C=O) groups excluding carboxylic acids is 2. The number of hydrogen-bond donors (Lipinski definition) is 1. The van der Waals surface area contributed by atoms with Gasteiger partial charge in [-0.15, -0.1) is 0 Å². The maximum Gasteiger partial charge on any atom is 0.252 e. The highest BCUT2D eigenvalue weighted by atomic mass is 19.3. The normalized spacial score (nSPS) is 16.6. The number of halogens is 4. The van der Waals surface area contributed by atoms with Crippen molar-refractivity contribution in [2.45, 2.75) is 44.7 Å². The van der Waals surface area contributed by atoms with Gasteiger partial charge in [0.25, 0.3) is 5.92 Å². The topological polar surface area (TPSA) is 49.4 Å². The number of anilines is 1. The summed E-state index contributed by atoms with van der Waals surface area (Å²) in [7, 11) is 0. The van der Waals surface area contributed by atoms with Crippen molar-refractivity contribution in [3.8, 4) is 0 Å². The summed E-state index contributed by atoms with van der Waals surface area (Å²) in [5.41, 5.74) is 0.947. The quantitative estimate of drug-likeness (QED) is 0.751. The van der Waals surface area contributed by atoms with Crippen molar-refractivity contribution < 1.29 is 27.2 Å². The lowest BCUT2D eigenvalue weighted by molar-refractivity contribution is -0.132. The van der Waals surface area contributed by atoms with Crippen molar-refractivity contribution in [1.29, 1.82) is 0 Å². The molecule has 1 saturated carbocycles. The molecule has 4 nitrogen and oxygen atoms in total. The molecule has 2 aromatic carbocycles. The maximum atomic E-state index is 13.8. The smallest absolute Gasteiger partial charge is 0.252 e. The highest BCUT2D eigenvalue weighted by Crippen LogP contribution is 2.38. The molecule has 0 spiro atoms. The molecule has 1 aliphatic carbocycles. The standard InChI is InChI=1S/C21H20F4N2O2/c1-12-5-3-4-6-18(12)19(20(29)26-16-10-21(24,25)11-16)27(13(2)28)17-8-14(22)7-15(23)9-17/h3-9,16,19H,10-11H2,1-2H3,(H,26,29). The molecule has 0 heterocycles. The Balaban J connectivity index is 2.03. The molecule has 29 heavy (non-hydrogen) atoms. The number of hydrogen-bond acceptors (Lipinski definition) is 2. The van der Waals surface area contributed by atoms with Crippen molar-refractivity contribution in [2.75, 3.05) is 4.90 Å². The van der Waals surface area contributed by atoms with Crippen LogP contribution < -0.4 is 10.2 Å². The van der Waals surface area contributed by atoms with E-state index in [1.54, 1.807) is 31.2 Å². The number of aryl methyl sites for hydroxylation is 1. The van der Waals surface area contributed by atoms with Gasteiger partial charge in [0.05, 0.1) is 5.69 Å². The molecule has 2 aromatic rings. The molecule has 0 saturated heterocycles. The molecule has 2 amide bonds. The van der Waals surface area contributed by atoms with E-state index in [0.717, 1.165) is 17.0 Å². The molecule has 0 bridgehead atoms. The monoisotopic (exact) mass is 408 g/mol. The minimum Gasteiger partial charge on any atom is -0.351 e. The average Bonchev–Trinajstić information content (AvgIpc) is 2.57. The van der Waals surface area contributed by atoms with Crippen LogP contribution in [0.15, 0.2) is 42.5 Å². The van der Waals surface area contributed by atoms with E-state index in [2.05, 4.69) is 5.32 Å². The van der Waals surface area contributed by atoms with Gasteiger partial charge >= 0.3 is 0 Å². The van der Waals surface area contributed by atoms with Crippen LogP contribution in [0, 0.1) is 18.6 Å². The largest absolute Gasteiger partial charge is 0.351 e. The Morgan fingerprint density at radius 3 is 2.21 bits per heavy atom. The van der Waals surface area contributed by atoms with Crippen molar-refractivity contribution in [3.05, 3.63) is 65.2 Å². The van der Waals surface area contributed by atoms with E-state index in [1.165, 1.54) is 6.92 Å². The second kappa shape index (κ2) is 7.85. The van der Waals surface area contributed by atoms with Gasteiger partial charge in [-0.3, -0.25) is 14.5 Å². The highest BCUT2D eigenvalue weighted by molar-refractivity contribution is 6.00. The number of amides is 2. The molecular formula is C21H20F4N2O2. The third-order valence-corrected chi connectivity index (χ3v) is 4.89. The number of alkyl halides is 2. The van der Waals surface area contributed by atoms with E-state index in [9.17, 15) is 27.2 Å². The first-order valence-corrected chi connectivity index (χ1v) is 9.07. The zero-order valence-corrected chi connectivity index (χ0v) is 15.9. The molecule has 1 atom stereocenters. The molecule has 1 aliphatic rings. The molecule has 8 heteroatoms. The van der Waals surface area contributed by atoms with Gasteiger partial charge in [0.15, 0.2) is 0 Å². The van der Waals surface area contributed by atoms with Gasteiger partial charge in [-0.2, -0.15) is 0 Å². The third kappa shape index (κ3) is 4.58. The van der Waals surface area contributed by atoms with Crippen LogP contribution in [0.2, 0.25) is 0 Å². The van der Waals surface area contributed by atoms with Crippen LogP contribution in [0.3, 0.4) is 0 Å².